The summed E-state index contributed by atoms with van der Waals surface area (Å²) in [4.78, 5) is 5.19. The monoisotopic (exact) mass is 504 g/mol. The number of benzene rings is 1. The molecule has 0 saturated heterocycles. The summed E-state index contributed by atoms with van der Waals surface area (Å²) in [7, 11) is -3.73. The minimum Gasteiger partial charge on any atom is -0.344 e. The fourth-order valence-electron chi connectivity index (χ4n) is 5.10. The van der Waals surface area contributed by atoms with Crippen LogP contribution in [0.1, 0.15) is 68.8 Å². The highest BCUT2D eigenvalue weighted by Crippen LogP contribution is 2.46. The molecule has 2 saturated carbocycles. The van der Waals surface area contributed by atoms with E-state index in [-0.39, 0.29) is 23.5 Å². The molecule has 36 heavy (non-hydrogen) atoms. The fourth-order valence-corrected chi connectivity index (χ4v) is 6.08. The van der Waals surface area contributed by atoms with E-state index in [9.17, 15) is 8.42 Å². The maximum atomic E-state index is 12.5. The zero-order valence-corrected chi connectivity index (χ0v) is 21.8. The van der Waals surface area contributed by atoms with Gasteiger partial charge in [0.05, 0.1) is 40.0 Å². The Morgan fingerprint density at radius 3 is 2.50 bits per heavy atom. The molecule has 0 radical (unpaired) electrons. The van der Waals surface area contributed by atoms with E-state index in [1.165, 1.54) is 12.8 Å². The second kappa shape index (κ2) is 8.85. The molecule has 2 fully saturated rings. The van der Waals surface area contributed by atoms with Gasteiger partial charge in [-0.15, -0.1) is 0 Å². The second-order valence-electron chi connectivity index (χ2n) is 10.6. The maximum absolute atomic E-state index is 12.5. The quantitative estimate of drug-likeness (QED) is 0.274. The molecule has 188 valence electrons. The molecule has 2 aliphatic carbocycles. The lowest BCUT2D eigenvalue weighted by atomic mass is 9.81. The highest BCUT2D eigenvalue weighted by Gasteiger charge is 2.36. The molecule has 1 aromatic carbocycles. The third kappa shape index (κ3) is 4.37. The van der Waals surface area contributed by atoms with Gasteiger partial charge in [-0.25, -0.2) is 4.98 Å². The third-order valence-corrected chi connectivity index (χ3v) is 8.78. The highest BCUT2D eigenvalue weighted by molar-refractivity contribution is 7.86. The van der Waals surface area contributed by atoms with Crippen LogP contribution in [-0.2, 0) is 14.3 Å². The molecule has 0 unspecified atom stereocenters. The molecule has 0 atom stereocenters. The molecule has 8 heteroatoms. The Bertz CT molecular complexity index is 1510. The standard InChI is InChI=1S/C28H32N4O3S/c1-18(2)31-13-12-26-27(31)11-10-25(29-26)24-16-32(30-28(24)21-6-7-21)22-14-20(15-22)17-35-36(33,34)23-8-4-19(3)5-9-23/h4-5,8-13,16,18,20-22H,6-7,14-15,17H2,1-3H3. The summed E-state index contributed by atoms with van der Waals surface area (Å²) in [6, 6.07) is 13.8. The highest BCUT2D eigenvalue weighted by atomic mass is 32.2. The Morgan fingerprint density at radius 2 is 1.81 bits per heavy atom. The van der Waals surface area contributed by atoms with Gasteiger partial charge in [-0.2, -0.15) is 13.5 Å². The first kappa shape index (κ1) is 23.4. The van der Waals surface area contributed by atoms with Crippen molar-refractivity contribution < 1.29 is 12.6 Å². The van der Waals surface area contributed by atoms with Crippen molar-refractivity contribution in [1.82, 2.24) is 19.3 Å². The van der Waals surface area contributed by atoms with E-state index in [4.69, 9.17) is 14.3 Å². The van der Waals surface area contributed by atoms with Gasteiger partial charge < -0.3 is 4.57 Å². The smallest absolute Gasteiger partial charge is 0.296 e. The number of fused-ring (bicyclic) bond motifs is 1. The Hall–Kier alpha value is -2.97. The van der Waals surface area contributed by atoms with E-state index in [0.29, 0.717) is 12.0 Å². The van der Waals surface area contributed by atoms with Crippen molar-refractivity contribution in [3.63, 3.8) is 0 Å². The average molecular weight is 505 g/mol. The first-order chi connectivity index (χ1) is 17.3. The Balaban J connectivity index is 1.15. The maximum Gasteiger partial charge on any atom is 0.296 e. The van der Waals surface area contributed by atoms with Gasteiger partial charge in [0, 0.05) is 29.9 Å². The first-order valence-corrected chi connectivity index (χ1v) is 14.2. The van der Waals surface area contributed by atoms with E-state index in [0.717, 1.165) is 46.4 Å². The number of hydrogen-bond acceptors (Lipinski definition) is 5. The third-order valence-electron chi connectivity index (χ3n) is 7.48. The molecule has 7 nitrogen and oxygen atoms in total. The van der Waals surface area contributed by atoms with Gasteiger partial charge in [0.1, 0.15) is 0 Å². The lowest BCUT2D eigenvalue weighted by Crippen LogP contribution is -2.31. The van der Waals surface area contributed by atoms with Crippen molar-refractivity contribution in [3.05, 3.63) is 66.1 Å². The molecule has 3 aromatic heterocycles. The summed E-state index contributed by atoms with van der Waals surface area (Å²) in [5, 5.41) is 5.00. The van der Waals surface area contributed by atoms with E-state index in [1.807, 2.05) is 6.92 Å². The molecule has 0 bridgehead atoms. The SMILES string of the molecule is Cc1ccc(S(=O)(=O)OCC2CC(n3cc(-c4ccc5c(ccn5C(C)C)n4)c(C4CC4)n3)C2)cc1. The van der Waals surface area contributed by atoms with Gasteiger partial charge in [0.2, 0.25) is 0 Å². The van der Waals surface area contributed by atoms with Crippen molar-refractivity contribution in [2.24, 2.45) is 5.92 Å². The summed E-state index contributed by atoms with van der Waals surface area (Å²) >= 11 is 0. The lowest BCUT2D eigenvalue weighted by molar-refractivity contribution is 0.120. The minimum absolute atomic E-state index is 0.206. The van der Waals surface area contributed by atoms with Crippen molar-refractivity contribution in [1.29, 1.82) is 0 Å². The van der Waals surface area contributed by atoms with E-state index in [2.05, 4.69) is 53.7 Å². The van der Waals surface area contributed by atoms with Crippen LogP contribution in [0, 0.1) is 12.8 Å². The molecular weight excluding hydrogens is 472 g/mol. The van der Waals surface area contributed by atoms with Crippen LogP contribution in [-0.4, -0.2) is 34.4 Å². The molecule has 0 N–H and O–H groups in total. The molecule has 6 rings (SSSR count). The topological polar surface area (TPSA) is 79.0 Å². The van der Waals surface area contributed by atoms with Crippen LogP contribution in [0.2, 0.25) is 0 Å². The Kier molecular flexibility index (Phi) is 5.76. The van der Waals surface area contributed by atoms with Crippen LogP contribution in [0.15, 0.2) is 59.8 Å². The fraction of sp³-hybridized carbons (Fsp3) is 0.429. The van der Waals surface area contributed by atoms with Crippen LogP contribution >= 0.6 is 0 Å². The van der Waals surface area contributed by atoms with Gasteiger partial charge in [0.15, 0.2) is 0 Å². The predicted molar refractivity (Wildman–Crippen MR) is 139 cm³/mol. The number of aromatic nitrogens is 4. The minimum atomic E-state index is -3.73. The molecular formula is C28H32N4O3S. The van der Waals surface area contributed by atoms with Crippen molar-refractivity contribution in [2.45, 2.75) is 69.4 Å². The number of pyridine rings is 1. The summed E-state index contributed by atoms with van der Waals surface area (Å²) < 4.78 is 34.7. The molecule has 3 heterocycles. The summed E-state index contributed by atoms with van der Waals surface area (Å²) in [5.74, 6) is 0.718. The van der Waals surface area contributed by atoms with Crippen molar-refractivity contribution in [3.8, 4) is 11.3 Å². The van der Waals surface area contributed by atoms with Crippen LogP contribution in [0.3, 0.4) is 0 Å². The van der Waals surface area contributed by atoms with Crippen LogP contribution in [0.4, 0.5) is 0 Å². The first-order valence-electron chi connectivity index (χ1n) is 12.8. The number of aryl methyl sites for hydroxylation is 1. The Labute approximate surface area is 212 Å². The van der Waals surface area contributed by atoms with Gasteiger partial charge in [-0.05, 0) is 82.7 Å². The summed E-state index contributed by atoms with van der Waals surface area (Å²) in [6.45, 7) is 6.50. The molecule has 4 aromatic rings. The van der Waals surface area contributed by atoms with Gasteiger partial charge >= 0.3 is 0 Å². The average Bonchev–Trinajstić information content (AvgIpc) is 3.43. The van der Waals surface area contributed by atoms with Crippen LogP contribution < -0.4 is 0 Å². The number of nitrogens with zero attached hydrogens (tertiary/aromatic N) is 4. The zero-order valence-electron chi connectivity index (χ0n) is 21.0. The van der Waals surface area contributed by atoms with Gasteiger partial charge in [0.25, 0.3) is 10.1 Å². The second-order valence-corrected chi connectivity index (χ2v) is 12.3. The summed E-state index contributed by atoms with van der Waals surface area (Å²) in [6.07, 6.45) is 8.32. The lowest BCUT2D eigenvalue weighted by Gasteiger charge is -2.34. The van der Waals surface area contributed by atoms with Gasteiger partial charge in [-0.1, -0.05) is 17.7 Å². The zero-order chi connectivity index (χ0) is 25.0. The molecule has 0 spiro atoms. The van der Waals surface area contributed by atoms with Crippen LogP contribution in [0.25, 0.3) is 22.3 Å². The van der Waals surface area contributed by atoms with E-state index < -0.39 is 10.1 Å². The predicted octanol–water partition coefficient (Wildman–Crippen LogP) is 6.02. The molecule has 0 amide bonds. The van der Waals surface area contributed by atoms with E-state index in [1.54, 1.807) is 24.3 Å². The van der Waals surface area contributed by atoms with Crippen molar-refractivity contribution >= 4 is 21.2 Å². The largest absolute Gasteiger partial charge is 0.344 e. The van der Waals surface area contributed by atoms with Gasteiger partial charge in [-0.3, -0.25) is 8.86 Å². The van der Waals surface area contributed by atoms with Crippen LogP contribution in [0.5, 0.6) is 0 Å². The number of rotatable bonds is 8. The van der Waals surface area contributed by atoms with Crippen molar-refractivity contribution in [2.75, 3.05) is 6.61 Å². The summed E-state index contributed by atoms with van der Waals surface area (Å²) in [5.41, 5.74) is 6.41. The number of hydrogen-bond donors (Lipinski definition) is 0. The molecule has 0 aliphatic heterocycles. The Morgan fingerprint density at radius 1 is 1.06 bits per heavy atom. The molecule has 2 aliphatic rings. The van der Waals surface area contributed by atoms with E-state index >= 15 is 0 Å². The normalized spacial score (nSPS) is 20.2.